The van der Waals surface area contributed by atoms with Gasteiger partial charge in [0.2, 0.25) is 0 Å². The number of pyridine rings is 1. The molecule has 0 unspecified atom stereocenters. The van der Waals surface area contributed by atoms with Crippen LogP contribution in [0.3, 0.4) is 0 Å². The second-order valence-corrected chi connectivity index (χ2v) is 7.87. The molecule has 0 aliphatic carbocycles. The van der Waals surface area contributed by atoms with Gasteiger partial charge in [0.05, 0.1) is 12.2 Å². The Balaban J connectivity index is 1.65. The molecule has 5 nitrogen and oxygen atoms in total. The highest BCUT2D eigenvalue weighted by Gasteiger charge is 2.14. The Morgan fingerprint density at radius 3 is 2.17 bits per heavy atom. The Morgan fingerprint density at radius 1 is 0.862 bits per heavy atom. The number of aromatic nitrogens is 1. The number of amides is 2. The number of nitrogens with zero attached hydrogens (tertiary/aromatic N) is 1. The Labute approximate surface area is 171 Å². The molecule has 148 valence electrons. The fourth-order valence-electron chi connectivity index (χ4n) is 2.83. The molecule has 1 heterocycles. The average Bonchev–Trinajstić information content (AvgIpc) is 2.72. The lowest BCUT2D eigenvalue weighted by Crippen LogP contribution is -2.23. The number of carbonyl (C=O) groups excluding carboxylic acids is 2. The van der Waals surface area contributed by atoms with E-state index in [4.69, 9.17) is 0 Å². The van der Waals surface area contributed by atoms with Crippen molar-refractivity contribution in [2.75, 3.05) is 5.32 Å². The van der Waals surface area contributed by atoms with Crippen LogP contribution in [0.1, 0.15) is 52.7 Å². The quantitative estimate of drug-likeness (QED) is 0.674. The molecule has 0 bridgehead atoms. The minimum absolute atomic E-state index is 0.0551. The van der Waals surface area contributed by atoms with Crippen molar-refractivity contribution in [3.8, 4) is 0 Å². The highest BCUT2D eigenvalue weighted by Crippen LogP contribution is 2.23. The summed E-state index contributed by atoms with van der Waals surface area (Å²) in [6.07, 6.45) is 1.68. The summed E-state index contributed by atoms with van der Waals surface area (Å²) in [5.74, 6) is -0.507. The number of anilines is 1. The molecule has 1 aromatic heterocycles. The molecule has 29 heavy (non-hydrogen) atoms. The number of nitrogens with one attached hydrogen (secondary N) is 2. The molecule has 5 heteroatoms. The molecule has 3 rings (SSSR count). The average molecular weight is 387 g/mol. The molecule has 0 fully saturated rings. The lowest BCUT2D eigenvalue weighted by atomic mass is 9.87. The van der Waals surface area contributed by atoms with E-state index in [-0.39, 0.29) is 17.2 Å². The van der Waals surface area contributed by atoms with Crippen molar-refractivity contribution < 1.29 is 9.59 Å². The van der Waals surface area contributed by atoms with Gasteiger partial charge in [-0.3, -0.25) is 14.6 Å². The second kappa shape index (κ2) is 8.69. The van der Waals surface area contributed by atoms with Crippen LogP contribution in [-0.4, -0.2) is 16.8 Å². The Hall–Kier alpha value is -3.47. The minimum atomic E-state index is -0.257. The molecule has 0 saturated heterocycles. The van der Waals surface area contributed by atoms with Gasteiger partial charge in [-0.15, -0.1) is 0 Å². The SMILES string of the molecule is CC(C)(C)c1ccc(NC(=O)c2cccc(C(=O)NCc3ccccn3)c2)cc1. The molecule has 0 spiro atoms. The first-order valence-electron chi connectivity index (χ1n) is 9.53. The summed E-state index contributed by atoms with van der Waals surface area (Å²) in [6.45, 7) is 6.76. The van der Waals surface area contributed by atoms with E-state index in [1.807, 2.05) is 42.5 Å². The largest absolute Gasteiger partial charge is 0.346 e. The lowest BCUT2D eigenvalue weighted by Gasteiger charge is -2.19. The van der Waals surface area contributed by atoms with Crippen LogP contribution in [0.25, 0.3) is 0 Å². The van der Waals surface area contributed by atoms with E-state index in [9.17, 15) is 9.59 Å². The van der Waals surface area contributed by atoms with Gasteiger partial charge in [0.25, 0.3) is 11.8 Å². The molecule has 0 radical (unpaired) electrons. The molecule has 2 N–H and O–H groups in total. The predicted molar refractivity (Wildman–Crippen MR) is 115 cm³/mol. The van der Waals surface area contributed by atoms with Crippen molar-refractivity contribution in [3.63, 3.8) is 0 Å². The monoisotopic (exact) mass is 387 g/mol. The third-order valence-electron chi connectivity index (χ3n) is 4.55. The normalized spacial score (nSPS) is 11.0. The van der Waals surface area contributed by atoms with Crippen LogP contribution in [0.2, 0.25) is 0 Å². The molecular weight excluding hydrogens is 362 g/mol. The van der Waals surface area contributed by atoms with E-state index >= 15 is 0 Å². The first-order chi connectivity index (χ1) is 13.8. The zero-order valence-electron chi connectivity index (χ0n) is 16.9. The Morgan fingerprint density at radius 2 is 1.55 bits per heavy atom. The molecule has 0 atom stereocenters. The van der Waals surface area contributed by atoms with E-state index in [1.165, 1.54) is 5.56 Å². The first kappa shape index (κ1) is 20.3. The first-order valence-corrected chi connectivity index (χ1v) is 9.53. The van der Waals surface area contributed by atoms with Gasteiger partial charge >= 0.3 is 0 Å². The van der Waals surface area contributed by atoms with Crippen LogP contribution in [0.5, 0.6) is 0 Å². The summed E-state index contributed by atoms with van der Waals surface area (Å²) in [7, 11) is 0. The van der Waals surface area contributed by atoms with Gasteiger partial charge in [0, 0.05) is 23.0 Å². The predicted octanol–water partition coefficient (Wildman–Crippen LogP) is 4.56. The van der Waals surface area contributed by atoms with Crippen molar-refractivity contribution >= 4 is 17.5 Å². The van der Waals surface area contributed by atoms with Gasteiger partial charge in [0.1, 0.15) is 0 Å². The summed E-state index contributed by atoms with van der Waals surface area (Å²) in [5.41, 5.74) is 3.59. The smallest absolute Gasteiger partial charge is 0.255 e. The van der Waals surface area contributed by atoms with Gasteiger partial charge in [-0.2, -0.15) is 0 Å². The maximum atomic E-state index is 12.6. The number of carbonyl (C=O) groups is 2. The van der Waals surface area contributed by atoms with Crippen LogP contribution >= 0.6 is 0 Å². The third kappa shape index (κ3) is 5.51. The van der Waals surface area contributed by atoms with Crippen LogP contribution in [0.4, 0.5) is 5.69 Å². The maximum absolute atomic E-state index is 12.6. The molecule has 2 amide bonds. The second-order valence-electron chi connectivity index (χ2n) is 7.87. The van der Waals surface area contributed by atoms with Crippen molar-refractivity contribution in [2.24, 2.45) is 0 Å². The van der Waals surface area contributed by atoms with Crippen molar-refractivity contribution in [1.29, 1.82) is 0 Å². The summed E-state index contributed by atoms with van der Waals surface area (Å²) in [6, 6.07) is 20.0. The molecule has 0 saturated carbocycles. The Bertz CT molecular complexity index is 991. The van der Waals surface area contributed by atoms with E-state index < -0.39 is 0 Å². The van der Waals surface area contributed by atoms with Crippen LogP contribution < -0.4 is 10.6 Å². The van der Waals surface area contributed by atoms with E-state index in [0.29, 0.717) is 23.4 Å². The van der Waals surface area contributed by atoms with Crippen LogP contribution in [0, 0.1) is 0 Å². The summed E-state index contributed by atoms with van der Waals surface area (Å²) in [5, 5.41) is 5.70. The van der Waals surface area contributed by atoms with Gasteiger partial charge in [-0.05, 0) is 53.4 Å². The fraction of sp³-hybridized carbons (Fsp3) is 0.208. The highest BCUT2D eigenvalue weighted by atomic mass is 16.2. The van der Waals surface area contributed by atoms with Gasteiger partial charge in [-0.1, -0.05) is 45.0 Å². The van der Waals surface area contributed by atoms with E-state index in [2.05, 4.69) is 36.4 Å². The number of benzene rings is 2. The van der Waals surface area contributed by atoms with Gasteiger partial charge < -0.3 is 10.6 Å². The zero-order valence-corrected chi connectivity index (χ0v) is 16.9. The van der Waals surface area contributed by atoms with Crippen LogP contribution in [-0.2, 0) is 12.0 Å². The maximum Gasteiger partial charge on any atom is 0.255 e. The number of hydrogen-bond acceptors (Lipinski definition) is 3. The van der Waals surface area contributed by atoms with Crippen molar-refractivity contribution in [2.45, 2.75) is 32.7 Å². The van der Waals surface area contributed by atoms with Crippen LogP contribution in [0.15, 0.2) is 72.9 Å². The zero-order chi connectivity index (χ0) is 20.9. The lowest BCUT2D eigenvalue weighted by molar-refractivity contribution is 0.0950. The topological polar surface area (TPSA) is 71.1 Å². The molecule has 0 aliphatic heterocycles. The number of rotatable bonds is 5. The van der Waals surface area contributed by atoms with E-state index in [0.717, 1.165) is 5.69 Å². The highest BCUT2D eigenvalue weighted by molar-refractivity contribution is 6.06. The van der Waals surface area contributed by atoms with Crippen molar-refractivity contribution in [1.82, 2.24) is 10.3 Å². The third-order valence-corrected chi connectivity index (χ3v) is 4.55. The number of hydrogen-bond donors (Lipinski definition) is 2. The molecule has 2 aromatic carbocycles. The molecule has 3 aromatic rings. The molecule has 0 aliphatic rings. The van der Waals surface area contributed by atoms with Crippen molar-refractivity contribution in [3.05, 3.63) is 95.3 Å². The standard InChI is InChI=1S/C24H25N3O2/c1-24(2,3)19-10-12-20(13-11-19)27-23(29)18-8-6-7-17(15-18)22(28)26-16-21-9-4-5-14-25-21/h4-15H,16H2,1-3H3,(H,26,28)(H,27,29). The summed E-state index contributed by atoms with van der Waals surface area (Å²) < 4.78 is 0. The van der Waals surface area contributed by atoms with Gasteiger partial charge in [0.15, 0.2) is 0 Å². The minimum Gasteiger partial charge on any atom is -0.346 e. The Kier molecular flexibility index (Phi) is 6.07. The molecular formula is C24H25N3O2. The summed E-state index contributed by atoms with van der Waals surface area (Å²) >= 11 is 0. The van der Waals surface area contributed by atoms with E-state index in [1.54, 1.807) is 30.5 Å². The van der Waals surface area contributed by atoms with Gasteiger partial charge in [-0.25, -0.2) is 0 Å². The summed E-state index contributed by atoms with van der Waals surface area (Å²) in [4.78, 5) is 29.2. The fourth-order valence-corrected chi connectivity index (χ4v) is 2.83.